The van der Waals surface area contributed by atoms with Gasteiger partial charge in [-0.15, -0.1) is 0 Å². The summed E-state index contributed by atoms with van der Waals surface area (Å²) in [5.41, 5.74) is 3.64. The van der Waals surface area contributed by atoms with Gasteiger partial charge in [0.15, 0.2) is 0 Å². The van der Waals surface area contributed by atoms with Crippen LogP contribution in [0.25, 0.3) is 0 Å². The van der Waals surface area contributed by atoms with Gasteiger partial charge in [-0.1, -0.05) is 24.3 Å². The Kier molecular flexibility index (Phi) is 7.04. The van der Waals surface area contributed by atoms with Crippen LogP contribution >= 0.6 is 0 Å². The number of hydrogen-bond donors (Lipinski definition) is 1. The monoisotopic (exact) mass is 429 g/mol. The van der Waals surface area contributed by atoms with E-state index >= 15 is 0 Å². The SMILES string of the molecule is O=S(=O)(c1ccc(CNCc2ccc(N3CCCCC3)cc2)cc1)N1CCOCC1. The predicted octanol–water partition coefficient (Wildman–Crippen LogP) is 2.99. The summed E-state index contributed by atoms with van der Waals surface area (Å²) in [6, 6.07) is 16.0. The number of anilines is 1. The Balaban J connectivity index is 1.28. The highest BCUT2D eigenvalue weighted by Crippen LogP contribution is 2.20. The summed E-state index contributed by atoms with van der Waals surface area (Å²) in [7, 11) is -3.43. The molecule has 162 valence electrons. The quantitative estimate of drug-likeness (QED) is 0.733. The molecule has 0 radical (unpaired) electrons. The molecule has 30 heavy (non-hydrogen) atoms. The van der Waals surface area contributed by atoms with Crippen molar-refractivity contribution in [3.63, 3.8) is 0 Å². The molecule has 2 fully saturated rings. The van der Waals surface area contributed by atoms with E-state index in [4.69, 9.17) is 4.74 Å². The zero-order valence-corrected chi connectivity index (χ0v) is 18.2. The van der Waals surface area contributed by atoms with Crippen molar-refractivity contribution in [2.75, 3.05) is 44.3 Å². The number of piperidine rings is 1. The third-order valence-electron chi connectivity index (χ3n) is 5.85. The normalized spacial score (nSPS) is 18.5. The summed E-state index contributed by atoms with van der Waals surface area (Å²) >= 11 is 0. The Hall–Kier alpha value is -1.93. The molecule has 7 heteroatoms. The molecule has 0 unspecified atom stereocenters. The molecule has 2 aromatic carbocycles. The van der Waals surface area contributed by atoms with Gasteiger partial charge in [0.1, 0.15) is 0 Å². The lowest BCUT2D eigenvalue weighted by molar-refractivity contribution is 0.0730. The minimum Gasteiger partial charge on any atom is -0.379 e. The second-order valence-corrected chi connectivity index (χ2v) is 9.92. The topological polar surface area (TPSA) is 61.9 Å². The largest absolute Gasteiger partial charge is 0.379 e. The van der Waals surface area contributed by atoms with Gasteiger partial charge in [0.25, 0.3) is 0 Å². The summed E-state index contributed by atoms with van der Waals surface area (Å²) < 4.78 is 32.1. The zero-order valence-electron chi connectivity index (χ0n) is 17.4. The standard InChI is InChI=1S/C23H31N3O3S/c27-30(28,26-14-16-29-17-15-26)23-10-6-21(7-11-23)19-24-18-20-4-8-22(9-5-20)25-12-2-1-3-13-25/h4-11,24H,1-3,12-19H2. The summed E-state index contributed by atoms with van der Waals surface area (Å²) in [6.07, 6.45) is 3.92. The Morgan fingerprint density at radius 3 is 1.93 bits per heavy atom. The van der Waals surface area contributed by atoms with E-state index < -0.39 is 10.0 Å². The maximum Gasteiger partial charge on any atom is 0.243 e. The van der Waals surface area contributed by atoms with Crippen LogP contribution in [0.5, 0.6) is 0 Å². The zero-order chi connectivity index (χ0) is 20.8. The minimum atomic E-state index is -3.43. The van der Waals surface area contributed by atoms with Crippen LogP contribution in [-0.4, -0.2) is 52.1 Å². The van der Waals surface area contributed by atoms with Crippen LogP contribution in [0.4, 0.5) is 5.69 Å². The van der Waals surface area contributed by atoms with E-state index in [1.165, 1.54) is 34.8 Å². The van der Waals surface area contributed by atoms with Crippen molar-refractivity contribution in [1.82, 2.24) is 9.62 Å². The third kappa shape index (κ3) is 5.21. The van der Waals surface area contributed by atoms with Crippen LogP contribution in [0.2, 0.25) is 0 Å². The first-order valence-corrected chi connectivity index (χ1v) is 12.3. The molecule has 0 aromatic heterocycles. The smallest absolute Gasteiger partial charge is 0.243 e. The third-order valence-corrected chi connectivity index (χ3v) is 7.76. The highest BCUT2D eigenvalue weighted by Gasteiger charge is 2.26. The number of benzene rings is 2. The van der Waals surface area contributed by atoms with Crippen LogP contribution < -0.4 is 10.2 Å². The molecule has 6 nitrogen and oxygen atoms in total. The van der Waals surface area contributed by atoms with Crippen LogP contribution in [0.3, 0.4) is 0 Å². The van der Waals surface area contributed by atoms with Crippen molar-refractivity contribution in [2.45, 2.75) is 37.2 Å². The highest BCUT2D eigenvalue weighted by molar-refractivity contribution is 7.89. The van der Waals surface area contributed by atoms with Gasteiger partial charge < -0.3 is 15.0 Å². The van der Waals surface area contributed by atoms with Crippen molar-refractivity contribution in [3.8, 4) is 0 Å². The summed E-state index contributed by atoms with van der Waals surface area (Å²) in [4.78, 5) is 2.81. The first kappa shape index (κ1) is 21.3. The first-order valence-electron chi connectivity index (χ1n) is 10.8. The Morgan fingerprint density at radius 2 is 1.33 bits per heavy atom. The average Bonchev–Trinajstić information content (AvgIpc) is 2.81. The number of sulfonamides is 1. The van der Waals surface area contributed by atoms with Crippen LogP contribution in [0.15, 0.2) is 53.4 Å². The lowest BCUT2D eigenvalue weighted by atomic mass is 10.1. The van der Waals surface area contributed by atoms with Gasteiger partial charge in [-0.3, -0.25) is 0 Å². The predicted molar refractivity (Wildman–Crippen MR) is 119 cm³/mol. The fourth-order valence-electron chi connectivity index (χ4n) is 4.04. The Labute approximate surface area is 179 Å². The molecule has 0 spiro atoms. The molecular formula is C23H31N3O3S. The summed E-state index contributed by atoms with van der Waals surface area (Å²) in [6.45, 7) is 5.56. The van der Waals surface area contributed by atoms with Gasteiger partial charge >= 0.3 is 0 Å². The van der Waals surface area contributed by atoms with E-state index in [1.54, 1.807) is 12.1 Å². The lowest BCUT2D eigenvalue weighted by Crippen LogP contribution is -2.40. The molecule has 0 aliphatic carbocycles. The van der Waals surface area contributed by atoms with Crippen LogP contribution in [-0.2, 0) is 27.8 Å². The van der Waals surface area contributed by atoms with Crippen molar-refractivity contribution in [3.05, 3.63) is 59.7 Å². The molecule has 1 N–H and O–H groups in total. The van der Waals surface area contributed by atoms with Crippen molar-refractivity contribution >= 4 is 15.7 Å². The number of nitrogens with zero attached hydrogens (tertiary/aromatic N) is 2. The highest BCUT2D eigenvalue weighted by atomic mass is 32.2. The van der Waals surface area contributed by atoms with E-state index in [1.807, 2.05) is 12.1 Å². The summed E-state index contributed by atoms with van der Waals surface area (Å²) in [5, 5.41) is 3.45. The molecule has 4 rings (SSSR count). The lowest BCUT2D eigenvalue weighted by Gasteiger charge is -2.28. The molecule has 2 aliphatic rings. The average molecular weight is 430 g/mol. The van der Waals surface area contributed by atoms with Crippen molar-refractivity contribution < 1.29 is 13.2 Å². The maximum absolute atomic E-state index is 12.7. The van der Waals surface area contributed by atoms with Crippen molar-refractivity contribution in [1.29, 1.82) is 0 Å². The van der Waals surface area contributed by atoms with Crippen LogP contribution in [0.1, 0.15) is 30.4 Å². The molecule has 0 saturated carbocycles. The van der Waals surface area contributed by atoms with Gasteiger partial charge in [0.05, 0.1) is 18.1 Å². The molecule has 2 saturated heterocycles. The second-order valence-electron chi connectivity index (χ2n) is 7.98. The number of morpholine rings is 1. The molecule has 0 bridgehead atoms. The minimum absolute atomic E-state index is 0.349. The van der Waals surface area contributed by atoms with E-state index in [9.17, 15) is 8.42 Å². The summed E-state index contributed by atoms with van der Waals surface area (Å²) in [5.74, 6) is 0. The molecule has 2 aromatic rings. The second kappa shape index (κ2) is 9.92. The van der Waals surface area contributed by atoms with Crippen LogP contribution in [0, 0.1) is 0 Å². The molecule has 0 atom stereocenters. The number of ether oxygens (including phenoxy) is 1. The fourth-order valence-corrected chi connectivity index (χ4v) is 5.45. The number of hydrogen-bond acceptors (Lipinski definition) is 5. The van der Waals surface area contributed by atoms with Gasteiger partial charge in [-0.25, -0.2) is 8.42 Å². The maximum atomic E-state index is 12.7. The molecule has 2 heterocycles. The molecule has 0 amide bonds. The fraction of sp³-hybridized carbons (Fsp3) is 0.478. The van der Waals surface area contributed by atoms with E-state index in [-0.39, 0.29) is 0 Å². The molecule has 2 aliphatic heterocycles. The van der Waals surface area contributed by atoms with Crippen molar-refractivity contribution in [2.24, 2.45) is 0 Å². The number of rotatable bonds is 7. The Bertz CT molecular complexity index is 902. The number of nitrogens with one attached hydrogen (secondary N) is 1. The molecular weight excluding hydrogens is 398 g/mol. The van der Waals surface area contributed by atoms with E-state index in [0.717, 1.165) is 25.2 Å². The first-order chi connectivity index (χ1) is 14.6. The van der Waals surface area contributed by atoms with Gasteiger partial charge in [0.2, 0.25) is 10.0 Å². The Morgan fingerprint density at radius 1 is 0.767 bits per heavy atom. The van der Waals surface area contributed by atoms with E-state index in [0.29, 0.717) is 37.7 Å². The van der Waals surface area contributed by atoms with Gasteiger partial charge in [-0.05, 0) is 54.7 Å². The van der Waals surface area contributed by atoms with Gasteiger partial charge in [0, 0.05) is 45.0 Å². The van der Waals surface area contributed by atoms with Gasteiger partial charge in [-0.2, -0.15) is 4.31 Å². The van der Waals surface area contributed by atoms with E-state index in [2.05, 4.69) is 34.5 Å².